The summed E-state index contributed by atoms with van der Waals surface area (Å²) in [5.41, 5.74) is -0.0478. The second-order valence-electron chi connectivity index (χ2n) is 4.76. The first-order chi connectivity index (χ1) is 9.85. The maximum atomic E-state index is 11.6. The fourth-order valence-corrected chi connectivity index (χ4v) is 4.55. The maximum absolute atomic E-state index is 11.6. The van der Waals surface area contributed by atoms with Gasteiger partial charge in [0.2, 0.25) is 0 Å². The number of sulfone groups is 1. The van der Waals surface area contributed by atoms with Crippen LogP contribution in [0.2, 0.25) is 0 Å². The molecule has 10 heteroatoms. The Morgan fingerprint density at radius 1 is 1.43 bits per heavy atom. The average molecular weight is 333 g/mol. The van der Waals surface area contributed by atoms with Crippen molar-refractivity contribution in [3.05, 3.63) is 16.1 Å². The second kappa shape index (κ2) is 6.39. The SMILES string of the molecule is O=C(NCc1nc(C(=O)O)cs1)NCC1CCS(=O)(=O)C1. The fraction of sp³-hybridized carbons (Fsp3) is 0.545. The van der Waals surface area contributed by atoms with Crippen LogP contribution in [0.5, 0.6) is 0 Å². The normalized spacial score (nSPS) is 20.1. The summed E-state index contributed by atoms with van der Waals surface area (Å²) >= 11 is 1.15. The molecule has 1 aromatic rings. The Bertz CT molecular complexity index is 640. The van der Waals surface area contributed by atoms with Crippen LogP contribution in [0.3, 0.4) is 0 Å². The van der Waals surface area contributed by atoms with Crippen molar-refractivity contribution < 1.29 is 23.1 Å². The van der Waals surface area contributed by atoms with E-state index in [9.17, 15) is 18.0 Å². The molecule has 1 aliphatic heterocycles. The molecule has 116 valence electrons. The van der Waals surface area contributed by atoms with Gasteiger partial charge in [-0.05, 0) is 12.3 Å². The van der Waals surface area contributed by atoms with E-state index in [-0.39, 0.29) is 29.7 Å². The smallest absolute Gasteiger partial charge is 0.355 e. The molecule has 0 aromatic carbocycles. The lowest BCUT2D eigenvalue weighted by atomic mass is 10.1. The lowest BCUT2D eigenvalue weighted by Gasteiger charge is -2.10. The van der Waals surface area contributed by atoms with E-state index in [1.165, 1.54) is 5.38 Å². The molecule has 1 aliphatic rings. The van der Waals surface area contributed by atoms with Crippen LogP contribution in [0, 0.1) is 5.92 Å². The molecule has 0 radical (unpaired) electrons. The van der Waals surface area contributed by atoms with Crippen molar-refractivity contribution in [3.63, 3.8) is 0 Å². The zero-order valence-corrected chi connectivity index (χ0v) is 12.7. The number of carboxylic acid groups (broad SMARTS) is 1. The van der Waals surface area contributed by atoms with Gasteiger partial charge in [-0.2, -0.15) is 0 Å². The summed E-state index contributed by atoms with van der Waals surface area (Å²) < 4.78 is 22.5. The molecular weight excluding hydrogens is 318 g/mol. The van der Waals surface area contributed by atoms with Gasteiger partial charge in [0, 0.05) is 11.9 Å². The first-order valence-electron chi connectivity index (χ1n) is 6.25. The quantitative estimate of drug-likeness (QED) is 0.700. The minimum Gasteiger partial charge on any atom is -0.476 e. The van der Waals surface area contributed by atoms with Crippen LogP contribution in [0.4, 0.5) is 4.79 Å². The number of carbonyl (C=O) groups excluding carboxylic acids is 1. The molecule has 1 aromatic heterocycles. The van der Waals surface area contributed by atoms with Crippen molar-refractivity contribution in [2.24, 2.45) is 5.92 Å². The molecule has 21 heavy (non-hydrogen) atoms. The summed E-state index contributed by atoms with van der Waals surface area (Å²) in [5, 5.41) is 15.8. The van der Waals surface area contributed by atoms with Gasteiger partial charge in [0.1, 0.15) is 5.01 Å². The molecule has 0 bridgehead atoms. The molecule has 2 heterocycles. The third-order valence-corrected chi connectivity index (χ3v) is 5.73. The number of nitrogens with one attached hydrogen (secondary N) is 2. The van der Waals surface area contributed by atoms with Gasteiger partial charge in [-0.3, -0.25) is 0 Å². The molecule has 1 atom stereocenters. The summed E-state index contributed by atoms with van der Waals surface area (Å²) in [6, 6.07) is -0.425. The number of amides is 2. The zero-order valence-electron chi connectivity index (χ0n) is 11.0. The molecule has 0 saturated carbocycles. The fourth-order valence-electron chi connectivity index (χ4n) is 1.98. The zero-order chi connectivity index (χ0) is 15.5. The molecule has 1 fully saturated rings. The topological polar surface area (TPSA) is 125 Å². The Morgan fingerprint density at radius 3 is 2.76 bits per heavy atom. The third kappa shape index (κ3) is 4.67. The molecule has 1 unspecified atom stereocenters. The minimum absolute atomic E-state index is 0.0424. The summed E-state index contributed by atoms with van der Waals surface area (Å²) in [4.78, 5) is 26.0. The van der Waals surface area contributed by atoms with Crippen LogP contribution in [-0.4, -0.2) is 48.6 Å². The van der Waals surface area contributed by atoms with Crippen LogP contribution < -0.4 is 10.6 Å². The number of aromatic nitrogens is 1. The summed E-state index contributed by atoms with van der Waals surface area (Å²) in [7, 11) is -2.94. The molecule has 0 aliphatic carbocycles. The third-order valence-electron chi connectivity index (χ3n) is 3.05. The van der Waals surface area contributed by atoms with Crippen molar-refractivity contribution in [3.8, 4) is 0 Å². The number of aromatic carboxylic acids is 1. The van der Waals surface area contributed by atoms with E-state index in [2.05, 4.69) is 15.6 Å². The number of carboxylic acids is 1. The van der Waals surface area contributed by atoms with Crippen molar-refractivity contribution in [1.29, 1.82) is 0 Å². The highest BCUT2D eigenvalue weighted by atomic mass is 32.2. The number of hydrogen-bond acceptors (Lipinski definition) is 6. The summed E-state index contributed by atoms with van der Waals surface area (Å²) in [6.45, 7) is 0.441. The maximum Gasteiger partial charge on any atom is 0.355 e. The van der Waals surface area contributed by atoms with Crippen molar-refractivity contribution in [2.45, 2.75) is 13.0 Å². The number of hydrogen-bond donors (Lipinski definition) is 3. The molecular formula is C11H15N3O5S2. The molecule has 1 saturated heterocycles. The molecule has 2 rings (SSSR count). The highest BCUT2D eigenvalue weighted by Crippen LogP contribution is 2.17. The summed E-state index contributed by atoms with van der Waals surface area (Å²) in [5.74, 6) is -0.858. The van der Waals surface area contributed by atoms with E-state index in [0.717, 1.165) is 11.3 Å². The van der Waals surface area contributed by atoms with E-state index in [4.69, 9.17) is 5.11 Å². The molecule has 8 nitrogen and oxygen atoms in total. The van der Waals surface area contributed by atoms with Gasteiger partial charge in [0.05, 0.1) is 18.1 Å². The summed E-state index contributed by atoms with van der Waals surface area (Å²) in [6.07, 6.45) is 0.567. The van der Waals surface area contributed by atoms with E-state index in [1.807, 2.05) is 0 Å². The largest absolute Gasteiger partial charge is 0.476 e. The van der Waals surface area contributed by atoms with Crippen LogP contribution in [0.1, 0.15) is 21.9 Å². The number of thiazole rings is 1. The average Bonchev–Trinajstić information content (AvgIpc) is 3.00. The standard InChI is InChI=1S/C11H15N3O5S2/c15-10(16)8-5-20-9(14-8)4-13-11(17)12-3-7-1-2-21(18,19)6-7/h5,7H,1-4,6H2,(H,15,16)(H2,12,13,17). The Balaban J connectivity index is 1.71. The second-order valence-corrected chi connectivity index (χ2v) is 7.94. The highest BCUT2D eigenvalue weighted by molar-refractivity contribution is 7.91. The van der Waals surface area contributed by atoms with Gasteiger partial charge < -0.3 is 15.7 Å². The van der Waals surface area contributed by atoms with Crippen molar-refractivity contribution in [2.75, 3.05) is 18.1 Å². The monoisotopic (exact) mass is 333 g/mol. The number of nitrogens with zero attached hydrogens (tertiary/aromatic N) is 1. The molecule has 2 amide bonds. The Morgan fingerprint density at radius 2 is 2.19 bits per heavy atom. The first kappa shape index (κ1) is 15.7. The van der Waals surface area contributed by atoms with Crippen LogP contribution in [0.15, 0.2) is 5.38 Å². The predicted octanol–water partition coefficient (Wildman–Crippen LogP) is 0.0752. The number of carbonyl (C=O) groups is 2. The van der Waals surface area contributed by atoms with Gasteiger partial charge in [-0.1, -0.05) is 0 Å². The predicted molar refractivity (Wildman–Crippen MR) is 76.1 cm³/mol. The van der Waals surface area contributed by atoms with E-state index < -0.39 is 21.8 Å². The number of urea groups is 1. The van der Waals surface area contributed by atoms with E-state index >= 15 is 0 Å². The minimum atomic E-state index is -2.94. The van der Waals surface area contributed by atoms with Crippen LogP contribution in [-0.2, 0) is 16.4 Å². The van der Waals surface area contributed by atoms with Crippen LogP contribution in [0.25, 0.3) is 0 Å². The first-order valence-corrected chi connectivity index (χ1v) is 8.95. The van der Waals surface area contributed by atoms with Gasteiger partial charge in [-0.15, -0.1) is 11.3 Å². The van der Waals surface area contributed by atoms with Gasteiger partial charge >= 0.3 is 12.0 Å². The Labute approximate surface area is 125 Å². The van der Waals surface area contributed by atoms with Gasteiger partial charge in [0.25, 0.3) is 0 Å². The van der Waals surface area contributed by atoms with Crippen molar-refractivity contribution in [1.82, 2.24) is 15.6 Å². The lowest BCUT2D eigenvalue weighted by Crippen LogP contribution is -2.38. The Hall–Kier alpha value is -1.68. The van der Waals surface area contributed by atoms with Gasteiger partial charge in [0.15, 0.2) is 15.5 Å². The molecule has 0 spiro atoms. The van der Waals surface area contributed by atoms with E-state index in [0.29, 0.717) is 18.0 Å². The van der Waals surface area contributed by atoms with Gasteiger partial charge in [-0.25, -0.2) is 23.0 Å². The van der Waals surface area contributed by atoms with E-state index in [1.54, 1.807) is 0 Å². The molecule has 3 N–H and O–H groups in total. The van der Waals surface area contributed by atoms with Crippen LogP contribution >= 0.6 is 11.3 Å². The lowest BCUT2D eigenvalue weighted by molar-refractivity contribution is 0.0691. The Kier molecular flexibility index (Phi) is 4.78. The van der Waals surface area contributed by atoms with Crippen molar-refractivity contribution >= 4 is 33.2 Å². The number of rotatable bonds is 5. The highest BCUT2D eigenvalue weighted by Gasteiger charge is 2.27.